The molecule has 0 heteroatoms. The normalized spacial score (nSPS) is 10.0. The van der Waals surface area contributed by atoms with Gasteiger partial charge in [-0.05, 0) is 48.1 Å². The van der Waals surface area contributed by atoms with Crippen molar-refractivity contribution in [2.75, 3.05) is 0 Å². The molecule has 2 rings (SSSR count). The maximum Gasteiger partial charge on any atom is -0.0162 e. The van der Waals surface area contributed by atoms with Crippen molar-refractivity contribution in [1.29, 1.82) is 0 Å². The van der Waals surface area contributed by atoms with E-state index in [1.165, 1.54) is 56.1 Å². The van der Waals surface area contributed by atoms with Gasteiger partial charge in [0, 0.05) is 0 Å². The van der Waals surface area contributed by atoms with Gasteiger partial charge in [-0.1, -0.05) is 196 Å². The summed E-state index contributed by atoms with van der Waals surface area (Å²) in [5, 5.41) is 0. The van der Waals surface area contributed by atoms with Crippen LogP contribution in [0.1, 0.15) is 178 Å². The van der Waals surface area contributed by atoms with E-state index in [0.29, 0.717) is 5.92 Å². The van der Waals surface area contributed by atoms with E-state index >= 15 is 0 Å². The second-order valence-electron chi connectivity index (χ2n) is 7.81. The lowest BCUT2D eigenvalue weighted by molar-refractivity contribution is 0.411. The second kappa shape index (κ2) is 41.6. The van der Waals surface area contributed by atoms with Gasteiger partial charge in [-0.3, -0.25) is 0 Å². The molecule has 0 saturated heterocycles. The highest BCUT2D eigenvalue weighted by Crippen LogP contribution is 2.29. The van der Waals surface area contributed by atoms with E-state index in [9.17, 15) is 0 Å². The summed E-state index contributed by atoms with van der Waals surface area (Å²) in [6, 6.07) is 22.0. The number of benzene rings is 2. The standard InChI is InChI=1S/C25H36.12CH4/c1-4-23(25-18-12-7-13-19-25)20-21(2)14-8-5-9-15-22(3)24-16-10-6-11-17-24;;;;;;;;;;;;/h6-7,10-13,16-19,21-23H,4-5,8-9,14-15,20H2,1-3H3;12*1H4. The highest BCUT2D eigenvalue weighted by molar-refractivity contribution is 5.19. The summed E-state index contributed by atoms with van der Waals surface area (Å²) in [6.45, 7) is 7.14. The summed E-state index contributed by atoms with van der Waals surface area (Å²) in [5.41, 5.74) is 3.01. The third kappa shape index (κ3) is 27.3. The molecule has 3 unspecified atom stereocenters. The SMILES string of the molecule is C.C.C.C.C.C.C.C.C.C.C.C.CCC(CC(C)CCCCCC(C)c1ccccc1)c1ccccc1. The molecular formula is C37H84. The lowest BCUT2D eigenvalue weighted by atomic mass is 9.85. The zero-order chi connectivity index (χ0) is 17.9. The summed E-state index contributed by atoms with van der Waals surface area (Å²) in [4.78, 5) is 0. The van der Waals surface area contributed by atoms with E-state index in [-0.39, 0.29) is 89.1 Å². The third-order valence-electron chi connectivity index (χ3n) is 5.65. The minimum Gasteiger partial charge on any atom is -0.0776 e. The summed E-state index contributed by atoms with van der Waals surface area (Å²) >= 11 is 0. The molecule has 2 aromatic carbocycles. The quantitative estimate of drug-likeness (QED) is 0.254. The number of hydrogen-bond acceptors (Lipinski definition) is 0. The Morgan fingerprint density at radius 2 is 0.865 bits per heavy atom. The first-order chi connectivity index (χ1) is 12.2. The first kappa shape index (κ1) is 70.4. The zero-order valence-electron chi connectivity index (χ0n) is 16.5. The van der Waals surface area contributed by atoms with E-state index in [0.717, 1.165) is 11.8 Å². The Morgan fingerprint density at radius 3 is 1.27 bits per heavy atom. The van der Waals surface area contributed by atoms with E-state index < -0.39 is 0 Å². The molecule has 0 N–H and O–H groups in total. The van der Waals surface area contributed by atoms with Crippen molar-refractivity contribution in [3.05, 3.63) is 71.8 Å². The summed E-state index contributed by atoms with van der Waals surface area (Å²) < 4.78 is 0. The van der Waals surface area contributed by atoms with Crippen LogP contribution in [0, 0.1) is 5.92 Å². The van der Waals surface area contributed by atoms with Gasteiger partial charge in [-0.15, -0.1) is 0 Å². The Kier molecular flexibility index (Phi) is 79.1. The molecule has 37 heavy (non-hydrogen) atoms. The summed E-state index contributed by atoms with van der Waals surface area (Å²) in [6.07, 6.45) is 9.41. The number of unbranched alkanes of at least 4 members (excludes halogenated alkanes) is 2. The van der Waals surface area contributed by atoms with Crippen LogP contribution in [0.4, 0.5) is 0 Å². The van der Waals surface area contributed by atoms with Gasteiger partial charge in [0.1, 0.15) is 0 Å². The van der Waals surface area contributed by atoms with Crippen molar-refractivity contribution in [2.24, 2.45) is 5.92 Å². The van der Waals surface area contributed by atoms with Crippen molar-refractivity contribution in [1.82, 2.24) is 0 Å². The molecule has 0 aliphatic rings. The van der Waals surface area contributed by atoms with Gasteiger partial charge >= 0.3 is 0 Å². The maximum absolute atomic E-state index is 2.44. The van der Waals surface area contributed by atoms with Gasteiger partial charge < -0.3 is 0 Å². The van der Waals surface area contributed by atoms with Gasteiger partial charge in [0.05, 0.1) is 0 Å². The molecule has 3 atom stereocenters. The Labute approximate surface area is 244 Å². The van der Waals surface area contributed by atoms with Crippen LogP contribution in [0.5, 0.6) is 0 Å². The van der Waals surface area contributed by atoms with Crippen molar-refractivity contribution in [3.8, 4) is 0 Å². The molecule has 232 valence electrons. The summed E-state index contributed by atoms with van der Waals surface area (Å²) in [5.74, 6) is 2.26. The topological polar surface area (TPSA) is 0 Å². The fourth-order valence-electron chi connectivity index (χ4n) is 3.94. The molecule has 0 spiro atoms. The van der Waals surface area contributed by atoms with Crippen LogP contribution >= 0.6 is 0 Å². The average molecular weight is 529 g/mol. The van der Waals surface area contributed by atoms with E-state index in [2.05, 4.69) is 81.4 Å². The first-order valence-corrected chi connectivity index (χ1v) is 10.3. The third-order valence-corrected chi connectivity index (χ3v) is 5.65. The van der Waals surface area contributed by atoms with Crippen LogP contribution in [-0.2, 0) is 0 Å². The molecule has 0 aliphatic heterocycles. The monoisotopic (exact) mass is 529 g/mol. The predicted octanol–water partition coefficient (Wildman–Crippen LogP) is 15.6. The van der Waals surface area contributed by atoms with Crippen LogP contribution in [-0.4, -0.2) is 0 Å². The van der Waals surface area contributed by atoms with Gasteiger partial charge in [0.15, 0.2) is 0 Å². The predicted molar refractivity (Wildman–Crippen MR) is 192 cm³/mol. The minimum atomic E-state index is 0. The Balaban J connectivity index is -0.0000000626. The Bertz CT molecular complexity index is 557. The Morgan fingerprint density at radius 1 is 0.486 bits per heavy atom. The van der Waals surface area contributed by atoms with E-state index in [1.54, 1.807) is 0 Å². The zero-order valence-corrected chi connectivity index (χ0v) is 16.5. The molecule has 0 heterocycles. The minimum absolute atomic E-state index is 0. The van der Waals surface area contributed by atoms with Gasteiger partial charge in [0.2, 0.25) is 0 Å². The molecular weight excluding hydrogens is 444 g/mol. The molecule has 2 aromatic rings. The first-order valence-electron chi connectivity index (χ1n) is 10.3. The van der Waals surface area contributed by atoms with Crippen molar-refractivity contribution in [2.45, 2.75) is 167 Å². The fourth-order valence-corrected chi connectivity index (χ4v) is 3.94. The lowest BCUT2D eigenvalue weighted by Crippen LogP contribution is -2.05. The van der Waals surface area contributed by atoms with Gasteiger partial charge in [-0.2, -0.15) is 0 Å². The molecule has 0 amide bonds. The van der Waals surface area contributed by atoms with Gasteiger partial charge in [-0.25, -0.2) is 0 Å². The average Bonchev–Trinajstić information content (AvgIpc) is 2.67. The Hall–Kier alpha value is -1.56. The van der Waals surface area contributed by atoms with Crippen LogP contribution in [0.2, 0.25) is 0 Å². The fraction of sp³-hybridized carbons (Fsp3) is 0.676. The summed E-state index contributed by atoms with van der Waals surface area (Å²) in [7, 11) is 0. The molecule has 0 aliphatic carbocycles. The van der Waals surface area contributed by atoms with Crippen molar-refractivity contribution >= 4 is 0 Å². The second-order valence-corrected chi connectivity index (χ2v) is 7.81. The maximum atomic E-state index is 2.44. The van der Waals surface area contributed by atoms with E-state index in [4.69, 9.17) is 0 Å². The van der Waals surface area contributed by atoms with Crippen LogP contribution in [0.3, 0.4) is 0 Å². The largest absolute Gasteiger partial charge is 0.0776 e. The molecule has 0 aromatic heterocycles. The number of rotatable bonds is 11. The number of hydrogen-bond donors (Lipinski definition) is 0. The molecule has 0 radical (unpaired) electrons. The highest BCUT2D eigenvalue weighted by Gasteiger charge is 2.13. The highest BCUT2D eigenvalue weighted by atomic mass is 14.2. The van der Waals surface area contributed by atoms with Crippen LogP contribution < -0.4 is 0 Å². The molecule has 0 saturated carbocycles. The molecule has 0 bridgehead atoms. The van der Waals surface area contributed by atoms with Gasteiger partial charge in [0.25, 0.3) is 0 Å². The lowest BCUT2D eigenvalue weighted by Gasteiger charge is -2.20. The van der Waals surface area contributed by atoms with E-state index in [1.807, 2.05) is 0 Å². The molecule has 0 nitrogen and oxygen atoms in total. The van der Waals surface area contributed by atoms with Crippen LogP contribution in [0.25, 0.3) is 0 Å². The molecule has 0 fully saturated rings. The van der Waals surface area contributed by atoms with Crippen molar-refractivity contribution < 1.29 is 0 Å². The van der Waals surface area contributed by atoms with Crippen LogP contribution in [0.15, 0.2) is 60.7 Å². The van der Waals surface area contributed by atoms with Crippen molar-refractivity contribution in [3.63, 3.8) is 0 Å². The smallest absolute Gasteiger partial charge is 0.0162 e.